The number of hydrogen-bond donors (Lipinski definition) is 1. The minimum absolute atomic E-state index is 0.0272. The topological polar surface area (TPSA) is 116 Å². The summed E-state index contributed by atoms with van der Waals surface area (Å²) in [7, 11) is 0. The SMILES string of the molecule is CCOC(=O)O[C@]1(C(=O)COC(=O)CCC2CCCC2)CC[C@H]2[C@@H]3CCC4=CC(=O)CC[C@]4(C)[C@H]3[C@@H](O)C[C@@]21C. The maximum atomic E-state index is 14.0. The average molecular weight is 559 g/mol. The Kier molecular flexibility index (Phi) is 8.21. The molecule has 0 bridgehead atoms. The first-order valence-corrected chi connectivity index (χ1v) is 15.5. The molecule has 0 spiro atoms. The Morgan fingerprint density at radius 2 is 1.77 bits per heavy atom. The van der Waals surface area contributed by atoms with Gasteiger partial charge in [-0.25, -0.2) is 4.79 Å². The molecule has 5 aliphatic rings. The van der Waals surface area contributed by atoms with Crippen LogP contribution in [0.2, 0.25) is 0 Å². The summed E-state index contributed by atoms with van der Waals surface area (Å²) in [6.07, 6.45) is 9.97. The van der Waals surface area contributed by atoms with Gasteiger partial charge in [0.15, 0.2) is 18.0 Å². The Hall–Kier alpha value is -2.22. The number of allylic oxidation sites excluding steroid dienone is 1. The standard InChI is InChI=1S/C32H46O8/c1-4-38-29(37)40-32(26(35)19-39-27(36)12-9-20-7-5-6-8-20)16-14-24-23-11-10-21-17-22(33)13-15-30(21,2)28(23)25(34)18-31(24,32)3/h17,20,23-25,28,34H,4-16,18-19H2,1-3H3/t23-,24-,25-,28+,30-,31-,32-/m0/s1. The Morgan fingerprint density at radius 3 is 2.50 bits per heavy atom. The minimum atomic E-state index is -1.54. The van der Waals surface area contributed by atoms with E-state index in [1.54, 1.807) is 13.0 Å². The zero-order valence-corrected chi connectivity index (χ0v) is 24.4. The molecule has 0 aromatic heterocycles. The molecule has 5 rings (SSSR count). The Labute approximate surface area is 237 Å². The summed E-state index contributed by atoms with van der Waals surface area (Å²) < 4.78 is 16.6. The van der Waals surface area contributed by atoms with Crippen LogP contribution in [-0.4, -0.2) is 53.7 Å². The smallest absolute Gasteiger partial charge is 0.457 e. The lowest BCUT2D eigenvalue weighted by atomic mass is 9.45. The van der Waals surface area contributed by atoms with E-state index in [0.717, 1.165) is 44.1 Å². The highest BCUT2D eigenvalue weighted by Crippen LogP contribution is 2.68. The van der Waals surface area contributed by atoms with Crippen molar-refractivity contribution in [2.24, 2.45) is 34.5 Å². The van der Waals surface area contributed by atoms with Gasteiger partial charge in [-0.1, -0.05) is 45.1 Å². The van der Waals surface area contributed by atoms with Gasteiger partial charge in [-0.3, -0.25) is 14.4 Å². The predicted octanol–water partition coefficient (Wildman–Crippen LogP) is 5.48. The summed E-state index contributed by atoms with van der Waals surface area (Å²) in [5.41, 5.74) is -1.50. The van der Waals surface area contributed by atoms with Crippen LogP contribution in [0.4, 0.5) is 4.79 Å². The van der Waals surface area contributed by atoms with Crippen LogP contribution in [-0.2, 0) is 28.6 Å². The second kappa shape index (κ2) is 11.2. The average Bonchev–Trinajstić information content (AvgIpc) is 3.53. The molecular weight excluding hydrogens is 512 g/mol. The molecule has 0 aliphatic heterocycles. The van der Waals surface area contributed by atoms with E-state index >= 15 is 0 Å². The second-order valence-electron chi connectivity index (χ2n) is 13.5. The van der Waals surface area contributed by atoms with Gasteiger partial charge < -0.3 is 19.3 Å². The number of ketones is 2. The van der Waals surface area contributed by atoms with E-state index in [-0.39, 0.29) is 48.4 Å². The second-order valence-corrected chi connectivity index (χ2v) is 13.5. The quantitative estimate of drug-likeness (QED) is 0.389. The third-order valence-corrected chi connectivity index (χ3v) is 11.6. The van der Waals surface area contributed by atoms with Crippen LogP contribution in [0.15, 0.2) is 11.6 Å². The third-order valence-electron chi connectivity index (χ3n) is 11.6. The van der Waals surface area contributed by atoms with Crippen molar-refractivity contribution >= 4 is 23.7 Å². The molecule has 40 heavy (non-hydrogen) atoms. The molecule has 4 fully saturated rings. The molecule has 222 valence electrons. The molecule has 5 aliphatic carbocycles. The number of hydrogen-bond acceptors (Lipinski definition) is 8. The van der Waals surface area contributed by atoms with Gasteiger partial charge >= 0.3 is 12.1 Å². The largest absolute Gasteiger partial charge is 0.509 e. The molecule has 0 heterocycles. The summed E-state index contributed by atoms with van der Waals surface area (Å²) in [5, 5.41) is 11.7. The van der Waals surface area contributed by atoms with E-state index in [4.69, 9.17) is 14.2 Å². The number of carbonyl (C=O) groups excluding carboxylic acids is 4. The highest BCUT2D eigenvalue weighted by atomic mass is 16.7. The Morgan fingerprint density at radius 1 is 1.02 bits per heavy atom. The molecular formula is C32H46O8. The number of carbonyl (C=O) groups is 4. The molecule has 7 atom stereocenters. The zero-order chi connectivity index (χ0) is 28.7. The molecule has 8 heteroatoms. The number of Topliss-reactive ketones (excluding diaryl/α,β-unsaturated/α-hetero) is 1. The lowest BCUT2D eigenvalue weighted by Gasteiger charge is -2.60. The molecule has 0 saturated heterocycles. The van der Waals surface area contributed by atoms with Gasteiger partial charge in [0.25, 0.3) is 0 Å². The number of aliphatic hydroxyl groups excluding tert-OH is 1. The predicted molar refractivity (Wildman–Crippen MR) is 146 cm³/mol. The van der Waals surface area contributed by atoms with Crippen molar-refractivity contribution in [1.29, 1.82) is 0 Å². The van der Waals surface area contributed by atoms with Crippen molar-refractivity contribution in [3.63, 3.8) is 0 Å². The molecule has 0 unspecified atom stereocenters. The van der Waals surface area contributed by atoms with Gasteiger partial charge in [0.05, 0.1) is 12.7 Å². The third kappa shape index (κ3) is 4.92. The fourth-order valence-electron chi connectivity index (χ4n) is 9.60. The van der Waals surface area contributed by atoms with Crippen LogP contribution in [0, 0.1) is 34.5 Å². The van der Waals surface area contributed by atoms with Crippen LogP contribution in [0.5, 0.6) is 0 Å². The summed E-state index contributed by atoms with van der Waals surface area (Å²) in [6.45, 7) is 5.47. The first-order chi connectivity index (χ1) is 19.0. The van der Waals surface area contributed by atoms with Gasteiger partial charge in [-0.2, -0.15) is 0 Å². The van der Waals surface area contributed by atoms with Crippen LogP contribution in [0.25, 0.3) is 0 Å². The number of ether oxygens (including phenoxy) is 3. The number of fused-ring (bicyclic) bond motifs is 5. The highest BCUT2D eigenvalue weighted by molar-refractivity contribution is 5.93. The minimum Gasteiger partial charge on any atom is -0.457 e. The first-order valence-electron chi connectivity index (χ1n) is 15.5. The summed E-state index contributed by atoms with van der Waals surface area (Å²) in [4.78, 5) is 51.5. The van der Waals surface area contributed by atoms with Gasteiger partial charge in [0.1, 0.15) is 0 Å². The number of aliphatic hydroxyl groups is 1. The van der Waals surface area contributed by atoms with E-state index in [0.29, 0.717) is 25.2 Å². The molecule has 0 amide bonds. The lowest BCUT2D eigenvalue weighted by molar-refractivity contribution is -0.188. The lowest BCUT2D eigenvalue weighted by Crippen LogP contribution is -2.63. The van der Waals surface area contributed by atoms with Crippen molar-refractivity contribution in [3.8, 4) is 0 Å². The van der Waals surface area contributed by atoms with Gasteiger partial charge in [-0.15, -0.1) is 0 Å². The monoisotopic (exact) mass is 558 g/mol. The van der Waals surface area contributed by atoms with Crippen molar-refractivity contribution in [2.75, 3.05) is 13.2 Å². The molecule has 0 aromatic carbocycles. The van der Waals surface area contributed by atoms with Crippen molar-refractivity contribution in [1.82, 2.24) is 0 Å². The van der Waals surface area contributed by atoms with E-state index in [1.165, 1.54) is 12.8 Å². The van der Waals surface area contributed by atoms with Crippen LogP contribution < -0.4 is 0 Å². The summed E-state index contributed by atoms with van der Waals surface area (Å²) in [5.74, 6) is 0.000169. The maximum absolute atomic E-state index is 14.0. The molecule has 4 saturated carbocycles. The van der Waals surface area contributed by atoms with Crippen molar-refractivity contribution < 1.29 is 38.5 Å². The van der Waals surface area contributed by atoms with E-state index < -0.39 is 41.6 Å². The summed E-state index contributed by atoms with van der Waals surface area (Å²) in [6, 6.07) is 0. The number of rotatable bonds is 8. The Balaban J connectivity index is 1.37. The summed E-state index contributed by atoms with van der Waals surface area (Å²) >= 11 is 0. The zero-order valence-electron chi connectivity index (χ0n) is 24.4. The molecule has 0 aromatic rings. The van der Waals surface area contributed by atoms with Crippen LogP contribution >= 0.6 is 0 Å². The Bertz CT molecular complexity index is 1060. The molecule has 8 nitrogen and oxygen atoms in total. The van der Waals surface area contributed by atoms with E-state index in [1.807, 2.05) is 6.92 Å². The van der Waals surface area contributed by atoms with E-state index in [2.05, 4.69) is 6.92 Å². The van der Waals surface area contributed by atoms with Crippen LogP contribution in [0.1, 0.15) is 104 Å². The fourth-order valence-corrected chi connectivity index (χ4v) is 9.60. The van der Waals surface area contributed by atoms with Gasteiger partial charge in [0.2, 0.25) is 5.78 Å². The number of esters is 1. The first kappa shape index (κ1) is 29.3. The maximum Gasteiger partial charge on any atom is 0.509 e. The van der Waals surface area contributed by atoms with Crippen molar-refractivity contribution in [3.05, 3.63) is 11.6 Å². The highest BCUT2D eigenvalue weighted by Gasteiger charge is 2.70. The van der Waals surface area contributed by atoms with Crippen molar-refractivity contribution in [2.45, 2.75) is 116 Å². The van der Waals surface area contributed by atoms with E-state index in [9.17, 15) is 24.3 Å². The normalized spacial score (nSPS) is 39.0. The molecule has 0 radical (unpaired) electrons. The fraction of sp³-hybridized carbons (Fsp3) is 0.812. The van der Waals surface area contributed by atoms with Gasteiger partial charge in [0, 0.05) is 18.3 Å². The van der Waals surface area contributed by atoms with Crippen LogP contribution in [0.3, 0.4) is 0 Å². The van der Waals surface area contributed by atoms with Gasteiger partial charge in [-0.05, 0) is 87.0 Å². The molecule has 1 N–H and O–H groups in total.